The number of rotatable bonds is 7. The molecule has 0 radical (unpaired) electrons. The summed E-state index contributed by atoms with van der Waals surface area (Å²) >= 11 is 0. The molecule has 1 fully saturated rings. The van der Waals surface area contributed by atoms with Crippen LogP contribution in [0, 0.1) is 5.41 Å². The lowest BCUT2D eigenvalue weighted by atomic mass is 10.0. The van der Waals surface area contributed by atoms with Gasteiger partial charge in [0.1, 0.15) is 0 Å². The molecule has 0 amide bonds. The Morgan fingerprint density at radius 2 is 2.10 bits per heavy atom. The first-order valence-electron chi connectivity index (χ1n) is 6.51. The molecule has 0 aliphatic heterocycles. The van der Waals surface area contributed by atoms with Gasteiger partial charge < -0.3 is 15.8 Å². The average Bonchev–Trinajstić information content (AvgIpc) is 3.15. The summed E-state index contributed by atoms with van der Waals surface area (Å²) in [6, 6.07) is 4.45. The van der Waals surface area contributed by atoms with Gasteiger partial charge in [-0.25, -0.2) is 13.6 Å². The number of benzene rings is 1. The summed E-state index contributed by atoms with van der Waals surface area (Å²) in [5.41, 5.74) is 7.23. The lowest BCUT2D eigenvalue weighted by molar-refractivity contribution is 0.175. The van der Waals surface area contributed by atoms with Gasteiger partial charge in [-0.15, -0.1) is 0 Å². The van der Waals surface area contributed by atoms with E-state index in [1.165, 1.54) is 12.1 Å². The zero-order valence-electron chi connectivity index (χ0n) is 11.6. The van der Waals surface area contributed by atoms with E-state index in [9.17, 15) is 8.42 Å². The van der Waals surface area contributed by atoms with E-state index in [1.807, 2.05) is 0 Å². The van der Waals surface area contributed by atoms with Crippen LogP contribution in [0.5, 0.6) is 0 Å². The van der Waals surface area contributed by atoms with Crippen molar-refractivity contribution in [3.05, 3.63) is 18.2 Å². The minimum absolute atomic E-state index is 0.0657. The fourth-order valence-electron chi connectivity index (χ4n) is 2.16. The van der Waals surface area contributed by atoms with Gasteiger partial charge in [0, 0.05) is 20.3 Å². The summed E-state index contributed by atoms with van der Waals surface area (Å²) in [4.78, 5) is 0.0657. The Kier molecular flexibility index (Phi) is 4.22. The Hall–Kier alpha value is -1.31. The van der Waals surface area contributed by atoms with Gasteiger partial charge in [-0.05, 0) is 42.9 Å². The van der Waals surface area contributed by atoms with Crippen LogP contribution in [-0.4, -0.2) is 28.7 Å². The third-order valence-electron chi connectivity index (χ3n) is 3.80. The number of methoxy groups -OCH3 is 1. The fourth-order valence-corrected chi connectivity index (χ4v) is 2.70. The standard InChI is InChI=1S/C13H21N3O3S/c1-19-7-6-13(4-5-13)9-16-12-8-10(20(15,17)18)2-3-11(12)14/h2-3,8,16H,4-7,9,14H2,1H3,(H2,15,17,18). The van der Waals surface area contributed by atoms with Crippen LogP contribution in [0.25, 0.3) is 0 Å². The van der Waals surface area contributed by atoms with Crippen LogP contribution in [0.15, 0.2) is 23.1 Å². The van der Waals surface area contributed by atoms with Crippen LogP contribution in [0.3, 0.4) is 0 Å². The highest BCUT2D eigenvalue weighted by atomic mass is 32.2. The number of nitrogen functional groups attached to an aromatic ring is 1. The first kappa shape index (κ1) is 15.1. The monoisotopic (exact) mass is 299 g/mol. The van der Waals surface area contributed by atoms with Gasteiger partial charge in [0.25, 0.3) is 0 Å². The number of hydrogen-bond donors (Lipinski definition) is 3. The lowest BCUT2D eigenvalue weighted by Crippen LogP contribution is -2.18. The van der Waals surface area contributed by atoms with E-state index in [0.29, 0.717) is 11.4 Å². The largest absolute Gasteiger partial charge is 0.397 e. The second-order valence-electron chi connectivity index (χ2n) is 5.39. The van der Waals surface area contributed by atoms with Gasteiger partial charge in [0.2, 0.25) is 10.0 Å². The molecule has 0 spiro atoms. The van der Waals surface area contributed by atoms with Gasteiger partial charge in [-0.2, -0.15) is 0 Å². The zero-order valence-corrected chi connectivity index (χ0v) is 12.4. The summed E-state index contributed by atoms with van der Waals surface area (Å²) in [5, 5.41) is 8.36. The SMILES string of the molecule is COCCC1(CNc2cc(S(N)(=O)=O)ccc2N)CC1. The Labute approximate surface area is 119 Å². The van der Waals surface area contributed by atoms with E-state index in [1.54, 1.807) is 13.2 Å². The van der Waals surface area contributed by atoms with E-state index in [-0.39, 0.29) is 10.3 Å². The maximum absolute atomic E-state index is 11.3. The molecule has 1 aromatic carbocycles. The van der Waals surface area contributed by atoms with Crippen molar-refractivity contribution in [1.29, 1.82) is 0 Å². The molecule has 0 bridgehead atoms. The molecule has 5 N–H and O–H groups in total. The van der Waals surface area contributed by atoms with Crippen molar-refractivity contribution < 1.29 is 13.2 Å². The quantitative estimate of drug-likeness (QED) is 0.654. The average molecular weight is 299 g/mol. The first-order chi connectivity index (χ1) is 9.36. The van der Waals surface area contributed by atoms with Gasteiger partial charge in [0.05, 0.1) is 16.3 Å². The predicted molar refractivity (Wildman–Crippen MR) is 78.9 cm³/mol. The Morgan fingerprint density at radius 1 is 1.40 bits per heavy atom. The van der Waals surface area contributed by atoms with Gasteiger partial charge in [0.15, 0.2) is 0 Å². The van der Waals surface area contributed by atoms with Crippen molar-refractivity contribution in [2.45, 2.75) is 24.2 Å². The van der Waals surface area contributed by atoms with Crippen molar-refractivity contribution in [2.75, 3.05) is 31.3 Å². The van der Waals surface area contributed by atoms with Crippen molar-refractivity contribution in [2.24, 2.45) is 10.6 Å². The van der Waals surface area contributed by atoms with Crippen molar-refractivity contribution in [3.63, 3.8) is 0 Å². The van der Waals surface area contributed by atoms with Crippen LogP contribution >= 0.6 is 0 Å². The highest BCUT2D eigenvalue weighted by Crippen LogP contribution is 2.48. The second-order valence-corrected chi connectivity index (χ2v) is 6.95. The molecule has 1 aliphatic carbocycles. The molecule has 1 aliphatic rings. The van der Waals surface area contributed by atoms with Crippen LogP contribution in [0.2, 0.25) is 0 Å². The third-order valence-corrected chi connectivity index (χ3v) is 4.71. The van der Waals surface area contributed by atoms with Gasteiger partial charge in [-0.3, -0.25) is 0 Å². The molecule has 1 saturated carbocycles. The molecule has 0 unspecified atom stereocenters. The van der Waals surface area contributed by atoms with Gasteiger partial charge >= 0.3 is 0 Å². The predicted octanol–water partition coefficient (Wildman–Crippen LogP) is 1.14. The highest BCUT2D eigenvalue weighted by Gasteiger charge is 2.41. The van der Waals surface area contributed by atoms with Crippen LogP contribution in [-0.2, 0) is 14.8 Å². The molecule has 20 heavy (non-hydrogen) atoms. The molecule has 0 heterocycles. The summed E-state index contributed by atoms with van der Waals surface area (Å²) in [6.45, 7) is 1.49. The fraction of sp³-hybridized carbons (Fsp3) is 0.538. The number of anilines is 2. The molecule has 1 aromatic rings. The number of ether oxygens (including phenoxy) is 1. The topological polar surface area (TPSA) is 107 Å². The zero-order chi connectivity index (χ0) is 14.8. The minimum Gasteiger partial charge on any atom is -0.397 e. The van der Waals surface area contributed by atoms with Crippen LogP contribution in [0.4, 0.5) is 11.4 Å². The lowest BCUT2D eigenvalue weighted by Gasteiger charge is -2.17. The Morgan fingerprint density at radius 3 is 2.65 bits per heavy atom. The smallest absolute Gasteiger partial charge is 0.238 e. The molecule has 0 saturated heterocycles. The van der Waals surface area contributed by atoms with E-state index < -0.39 is 10.0 Å². The molecule has 0 atom stereocenters. The number of nitrogens with one attached hydrogen (secondary N) is 1. The minimum atomic E-state index is -3.71. The van der Waals surface area contributed by atoms with Crippen molar-refractivity contribution >= 4 is 21.4 Å². The number of hydrogen-bond acceptors (Lipinski definition) is 5. The second kappa shape index (κ2) is 5.59. The van der Waals surface area contributed by atoms with E-state index in [0.717, 1.165) is 32.4 Å². The molecular formula is C13H21N3O3S. The van der Waals surface area contributed by atoms with E-state index in [4.69, 9.17) is 15.6 Å². The molecule has 0 aromatic heterocycles. The van der Waals surface area contributed by atoms with Crippen LogP contribution in [0.1, 0.15) is 19.3 Å². The third kappa shape index (κ3) is 3.62. The first-order valence-corrected chi connectivity index (χ1v) is 8.06. The normalized spacial score (nSPS) is 16.9. The van der Waals surface area contributed by atoms with Crippen LogP contribution < -0.4 is 16.2 Å². The number of primary sulfonamides is 1. The van der Waals surface area contributed by atoms with E-state index >= 15 is 0 Å². The van der Waals surface area contributed by atoms with E-state index in [2.05, 4.69) is 5.32 Å². The van der Waals surface area contributed by atoms with Gasteiger partial charge in [-0.1, -0.05) is 0 Å². The summed E-state index contributed by atoms with van der Waals surface area (Å²) in [6.07, 6.45) is 3.29. The Bertz CT molecular complexity index is 583. The molecule has 2 rings (SSSR count). The summed E-state index contributed by atoms with van der Waals surface area (Å²) < 4.78 is 27.8. The Balaban J connectivity index is 2.06. The molecule has 7 heteroatoms. The van der Waals surface area contributed by atoms with Crippen molar-refractivity contribution in [3.8, 4) is 0 Å². The molecule has 112 valence electrons. The summed E-state index contributed by atoms with van der Waals surface area (Å²) in [5.74, 6) is 0. The number of sulfonamides is 1. The molecule has 6 nitrogen and oxygen atoms in total. The van der Waals surface area contributed by atoms with Crippen molar-refractivity contribution in [1.82, 2.24) is 0 Å². The molecular weight excluding hydrogens is 278 g/mol. The highest BCUT2D eigenvalue weighted by molar-refractivity contribution is 7.89. The number of nitrogens with two attached hydrogens (primary N) is 2. The maximum Gasteiger partial charge on any atom is 0.238 e. The summed E-state index contributed by atoms with van der Waals surface area (Å²) in [7, 11) is -2.02. The maximum atomic E-state index is 11.3.